The Kier molecular flexibility index (Phi) is 3.69. The number of para-hydroxylation sites is 1. The highest BCUT2D eigenvalue weighted by atomic mass is 32.2. The average molecular weight is 314 g/mol. The van der Waals surface area contributed by atoms with Crippen molar-refractivity contribution in [3.63, 3.8) is 0 Å². The molecule has 1 aliphatic rings. The van der Waals surface area contributed by atoms with Gasteiger partial charge in [-0.15, -0.1) is 0 Å². The molecule has 2 aromatic rings. The number of benzene rings is 1. The molecule has 3 nitrogen and oxygen atoms in total. The van der Waals surface area contributed by atoms with Gasteiger partial charge in [0.15, 0.2) is 0 Å². The molecule has 21 heavy (non-hydrogen) atoms. The molecule has 1 aromatic carbocycles. The molecule has 1 saturated heterocycles. The summed E-state index contributed by atoms with van der Waals surface area (Å²) < 4.78 is 2.65. The molecule has 1 amide bonds. The number of rotatable bonds is 2. The van der Waals surface area contributed by atoms with Crippen LogP contribution in [0.2, 0.25) is 0 Å². The van der Waals surface area contributed by atoms with Crippen LogP contribution in [0.15, 0.2) is 41.4 Å². The van der Waals surface area contributed by atoms with E-state index in [1.807, 2.05) is 24.3 Å². The van der Waals surface area contributed by atoms with E-state index in [0.29, 0.717) is 9.23 Å². The maximum Gasteiger partial charge on any atom is 0.263 e. The molecule has 2 heterocycles. The first-order valence-corrected chi connectivity index (χ1v) is 7.77. The Labute approximate surface area is 133 Å². The number of carbonyl (C=O) groups is 1. The lowest BCUT2D eigenvalue weighted by Crippen LogP contribution is -2.17. The minimum atomic E-state index is -0.115. The quantitative estimate of drug-likeness (QED) is 0.679. The third-order valence-electron chi connectivity index (χ3n) is 3.45. The van der Waals surface area contributed by atoms with Gasteiger partial charge in [0.2, 0.25) is 0 Å². The molecular weight excluding hydrogens is 300 g/mol. The summed E-state index contributed by atoms with van der Waals surface area (Å²) in [6.45, 7) is 4.11. The van der Waals surface area contributed by atoms with Crippen molar-refractivity contribution >= 4 is 40.3 Å². The zero-order chi connectivity index (χ0) is 15.0. The Morgan fingerprint density at radius 2 is 1.95 bits per heavy atom. The van der Waals surface area contributed by atoms with E-state index in [9.17, 15) is 4.79 Å². The molecule has 1 fully saturated rings. The Bertz CT molecular complexity index is 760. The highest BCUT2D eigenvalue weighted by Gasteiger charge is 2.23. The first kappa shape index (κ1) is 14.1. The molecule has 106 valence electrons. The Balaban J connectivity index is 2.06. The van der Waals surface area contributed by atoms with Crippen molar-refractivity contribution < 1.29 is 4.79 Å². The van der Waals surface area contributed by atoms with Crippen molar-refractivity contribution in [1.82, 2.24) is 9.88 Å². The SMILES string of the molecule is Cc1cn(-c2ccccc2)c(C)c1C=C1SC(=S)NC1=O. The molecular formula is C16H14N2OS2. The van der Waals surface area contributed by atoms with Crippen LogP contribution in [0.5, 0.6) is 0 Å². The molecule has 0 atom stereocenters. The lowest BCUT2D eigenvalue weighted by atomic mass is 10.1. The summed E-state index contributed by atoms with van der Waals surface area (Å²) in [7, 11) is 0. The first-order chi connectivity index (χ1) is 10.1. The molecule has 0 bridgehead atoms. The number of hydrogen-bond donors (Lipinski definition) is 1. The molecule has 0 saturated carbocycles. The van der Waals surface area contributed by atoms with E-state index in [1.54, 1.807) is 0 Å². The van der Waals surface area contributed by atoms with Gasteiger partial charge in [0.25, 0.3) is 5.91 Å². The maximum absolute atomic E-state index is 11.8. The van der Waals surface area contributed by atoms with Crippen LogP contribution in [0.1, 0.15) is 16.8 Å². The second-order valence-electron chi connectivity index (χ2n) is 4.87. The van der Waals surface area contributed by atoms with E-state index in [-0.39, 0.29) is 5.91 Å². The fourth-order valence-corrected chi connectivity index (χ4v) is 3.43. The zero-order valence-electron chi connectivity index (χ0n) is 11.7. The summed E-state index contributed by atoms with van der Waals surface area (Å²) in [6.07, 6.45) is 4.01. The van der Waals surface area contributed by atoms with Crippen LogP contribution in [-0.2, 0) is 4.79 Å². The largest absolute Gasteiger partial charge is 0.320 e. The molecule has 1 N–H and O–H groups in total. The maximum atomic E-state index is 11.8. The van der Waals surface area contributed by atoms with E-state index in [2.05, 4.69) is 42.1 Å². The van der Waals surface area contributed by atoms with Gasteiger partial charge in [0.05, 0.1) is 4.91 Å². The summed E-state index contributed by atoms with van der Waals surface area (Å²) in [5.74, 6) is -0.115. The molecule has 1 aliphatic heterocycles. The highest BCUT2D eigenvalue weighted by molar-refractivity contribution is 8.26. The molecule has 0 aliphatic carbocycles. The van der Waals surface area contributed by atoms with Gasteiger partial charge in [-0.3, -0.25) is 4.79 Å². The number of nitrogens with zero attached hydrogens (tertiary/aromatic N) is 1. The van der Waals surface area contributed by atoms with Crippen LogP contribution in [0.4, 0.5) is 0 Å². The molecule has 1 aromatic heterocycles. The van der Waals surface area contributed by atoms with Gasteiger partial charge in [-0.25, -0.2) is 0 Å². The van der Waals surface area contributed by atoms with E-state index in [4.69, 9.17) is 12.2 Å². The van der Waals surface area contributed by atoms with Gasteiger partial charge >= 0.3 is 0 Å². The second kappa shape index (κ2) is 5.50. The minimum Gasteiger partial charge on any atom is -0.320 e. The number of amides is 1. The molecule has 0 unspecified atom stereocenters. The standard InChI is InChI=1S/C16H14N2OS2/c1-10-9-18(12-6-4-3-5-7-12)11(2)13(10)8-14-15(19)17-16(20)21-14/h3-9H,1-2H3,(H,17,19,20). The van der Waals surface area contributed by atoms with Gasteiger partial charge < -0.3 is 9.88 Å². The van der Waals surface area contributed by atoms with Crippen molar-refractivity contribution in [2.45, 2.75) is 13.8 Å². The summed E-state index contributed by atoms with van der Waals surface area (Å²) in [5.41, 5.74) is 4.43. The van der Waals surface area contributed by atoms with Gasteiger partial charge in [0, 0.05) is 17.6 Å². The Morgan fingerprint density at radius 3 is 2.57 bits per heavy atom. The van der Waals surface area contributed by atoms with Crippen LogP contribution in [-0.4, -0.2) is 14.8 Å². The number of nitrogens with one attached hydrogen (secondary N) is 1. The lowest BCUT2D eigenvalue weighted by molar-refractivity contribution is -0.115. The van der Waals surface area contributed by atoms with Gasteiger partial charge in [-0.2, -0.15) is 0 Å². The predicted molar refractivity (Wildman–Crippen MR) is 91.6 cm³/mol. The Morgan fingerprint density at radius 1 is 1.24 bits per heavy atom. The van der Waals surface area contributed by atoms with Crippen molar-refractivity contribution in [3.05, 3.63) is 58.3 Å². The third kappa shape index (κ3) is 2.66. The molecule has 5 heteroatoms. The Hall–Kier alpha value is -1.85. The summed E-state index contributed by atoms with van der Waals surface area (Å²) >= 11 is 6.34. The number of thiocarbonyl (C=S) groups is 1. The summed E-state index contributed by atoms with van der Waals surface area (Å²) in [5, 5.41) is 2.64. The van der Waals surface area contributed by atoms with Gasteiger partial charge in [-0.05, 0) is 43.2 Å². The fraction of sp³-hybridized carbons (Fsp3) is 0.125. The van der Waals surface area contributed by atoms with Crippen molar-refractivity contribution in [2.75, 3.05) is 0 Å². The van der Waals surface area contributed by atoms with Crippen molar-refractivity contribution in [2.24, 2.45) is 0 Å². The summed E-state index contributed by atoms with van der Waals surface area (Å²) in [4.78, 5) is 12.4. The van der Waals surface area contributed by atoms with Gasteiger partial charge in [-0.1, -0.05) is 42.2 Å². The topological polar surface area (TPSA) is 34.0 Å². The first-order valence-electron chi connectivity index (χ1n) is 6.55. The van der Waals surface area contributed by atoms with Crippen LogP contribution >= 0.6 is 24.0 Å². The van der Waals surface area contributed by atoms with Crippen LogP contribution < -0.4 is 5.32 Å². The normalized spacial score (nSPS) is 16.6. The van der Waals surface area contributed by atoms with Crippen LogP contribution in [0.25, 0.3) is 11.8 Å². The zero-order valence-corrected chi connectivity index (χ0v) is 13.3. The third-order valence-corrected chi connectivity index (χ3v) is 4.61. The lowest BCUT2D eigenvalue weighted by Gasteiger charge is -2.06. The molecule has 3 rings (SSSR count). The predicted octanol–water partition coefficient (Wildman–Crippen LogP) is 3.58. The monoisotopic (exact) mass is 314 g/mol. The summed E-state index contributed by atoms with van der Waals surface area (Å²) in [6, 6.07) is 10.2. The highest BCUT2D eigenvalue weighted by Crippen LogP contribution is 2.29. The van der Waals surface area contributed by atoms with E-state index in [1.165, 1.54) is 11.8 Å². The number of aromatic nitrogens is 1. The fourth-order valence-electron chi connectivity index (χ4n) is 2.40. The number of aryl methyl sites for hydroxylation is 1. The van der Waals surface area contributed by atoms with Crippen molar-refractivity contribution in [1.29, 1.82) is 0 Å². The van der Waals surface area contributed by atoms with Crippen molar-refractivity contribution in [3.8, 4) is 5.69 Å². The van der Waals surface area contributed by atoms with E-state index in [0.717, 1.165) is 22.5 Å². The molecule has 0 radical (unpaired) electrons. The van der Waals surface area contributed by atoms with E-state index >= 15 is 0 Å². The second-order valence-corrected chi connectivity index (χ2v) is 6.59. The van der Waals surface area contributed by atoms with Crippen LogP contribution in [0.3, 0.4) is 0 Å². The number of carbonyl (C=O) groups excluding carboxylic acids is 1. The number of hydrogen-bond acceptors (Lipinski definition) is 3. The van der Waals surface area contributed by atoms with Crippen LogP contribution in [0, 0.1) is 13.8 Å². The molecule has 0 spiro atoms. The average Bonchev–Trinajstić information content (AvgIpc) is 2.93. The number of thioether (sulfide) groups is 1. The minimum absolute atomic E-state index is 0.115. The van der Waals surface area contributed by atoms with Gasteiger partial charge in [0.1, 0.15) is 4.32 Å². The van der Waals surface area contributed by atoms with E-state index < -0.39 is 0 Å². The smallest absolute Gasteiger partial charge is 0.263 e.